The third-order valence-corrected chi connectivity index (χ3v) is 7.60. The van der Waals surface area contributed by atoms with Gasteiger partial charge in [-0.05, 0) is 44.4 Å². The molecule has 0 atom stereocenters. The lowest BCUT2D eigenvalue weighted by Crippen LogP contribution is -2.52. The van der Waals surface area contributed by atoms with Crippen molar-refractivity contribution in [3.8, 4) is 0 Å². The molecule has 2 aliphatic rings. The molecule has 1 aromatic rings. The molecule has 1 amide bonds. The van der Waals surface area contributed by atoms with E-state index in [1.807, 2.05) is 19.1 Å². The molecule has 0 bridgehead atoms. The molecule has 7 heteroatoms. The molecule has 150 valence electrons. The van der Waals surface area contributed by atoms with Crippen molar-refractivity contribution in [1.29, 1.82) is 0 Å². The van der Waals surface area contributed by atoms with Crippen molar-refractivity contribution in [3.63, 3.8) is 0 Å². The minimum absolute atomic E-state index is 0.0678. The topological polar surface area (TPSA) is 69.7 Å². The Bertz CT molecular complexity index is 719. The zero-order chi connectivity index (χ0) is 19.3. The molecular weight excluding hydrogens is 362 g/mol. The molecule has 0 radical (unpaired) electrons. The van der Waals surface area contributed by atoms with Crippen LogP contribution in [0.5, 0.6) is 0 Å². The smallest absolute Gasteiger partial charge is 0.243 e. The Morgan fingerprint density at radius 2 is 1.67 bits per heavy atom. The van der Waals surface area contributed by atoms with E-state index in [0.717, 1.165) is 12.1 Å². The largest absolute Gasteiger partial charge is 0.339 e. The van der Waals surface area contributed by atoms with Crippen LogP contribution in [0.4, 0.5) is 0 Å². The van der Waals surface area contributed by atoms with Crippen LogP contribution in [0.2, 0.25) is 0 Å². The first-order valence-electron chi connectivity index (χ1n) is 10.0. The van der Waals surface area contributed by atoms with Gasteiger partial charge >= 0.3 is 0 Å². The molecule has 1 saturated carbocycles. The quantitative estimate of drug-likeness (QED) is 0.803. The van der Waals surface area contributed by atoms with E-state index in [1.165, 1.54) is 36.4 Å². The third kappa shape index (κ3) is 5.30. The fourth-order valence-electron chi connectivity index (χ4n) is 3.92. The molecule has 0 aromatic heterocycles. The van der Waals surface area contributed by atoms with Gasteiger partial charge in [0.25, 0.3) is 0 Å². The van der Waals surface area contributed by atoms with E-state index in [4.69, 9.17) is 0 Å². The number of rotatable bonds is 6. The van der Waals surface area contributed by atoms with Gasteiger partial charge in [-0.1, -0.05) is 37.0 Å². The number of hydrogen-bond donors (Lipinski definition) is 1. The predicted molar refractivity (Wildman–Crippen MR) is 106 cm³/mol. The summed E-state index contributed by atoms with van der Waals surface area (Å²) in [6.07, 6.45) is 6.47. The first-order valence-corrected chi connectivity index (χ1v) is 11.5. The number of amides is 1. The van der Waals surface area contributed by atoms with Gasteiger partial charge in [-0.25, -0.2) is 8.42 Å². The van der Waals surface area contributed by atoms with Crippen LogP contribution >= 0.6 is 0 Å². The SMILES string of the molecule is Cc1ccc(S(=O)(=O)N2CCN(C(=O)CNCC3CCCCC3)CC2)cc1. The molecule has 3 rings (SSSR count). The number of carbonyl (C=O) groups is 1. The Labute approximate surface area is 163 Å². The fraction of sp³-hybridized carbons (Fsp3) is 0.650. The van der Waals surface area contributed by atoms with Crippen molar-refractivity contribution < 1.29 is 13.2 Å². The van der Waals surface area contributed by atoms with Crippen LogP contribution in [-0.4, -0.2) is 62.8 Å². The van der Waals surface area contributed by atoms with Gasteiger partial charge in [-0.15, -0.1) is 0 Å². The Balaban J connectivity index is 1.45. The molecule has 1 N–H and O–H groups in total. The van der Waals surface area contributed by atoms with Crippen LogP contribution in [0, 0.1) is 12.8 Å². The van der Waals surface area contributed by atoms with Gasteiger partial charge in [-0.3, -0.25) is 4.79 Å². The van der Waals surface area contributed by atoms with E-state index < -0.39 is 10.0 Å². The van der Waals surface area contributed by atoms with E-state index in [0.29, 0.717) is 43.5 Å². The Morgan fingerprint density at radius 1 is 1.04 bits per heavy atom. The maximum Gasteiger partial charge on any atom is 0.243 e. The first-order chi connectivity index (χ1) is 13.0. The maximum absolute atomic E-state index is 12.7. The lowest BCUT2D eigenvalue weighted by atomic mass is 9.89. The molecule has 1 heterocycles. The average molecular weight is 394 g/mol. The van der Waals surface area contributed by atoms with E-state index in [9.17, 15) is 13.2 Å². The summed E-state index contributed by atoms with van der Waals surface area (Å²) in [6, 6.07) is 6.92. The fourth-order valence-corrected chi connectivity index (χ4v) is 5.35. The van der Waals surface area contributed by atoms with Gasteiger partial charge in [-0.2, -0.15) is 4.31 Å². The molecular formula is C20H31N3O3S. The summed E-state index contributed by atoms with van der Waals surface area (Å²) >= 11 is 0. The van der Waals surface area contributed by atoms with E-state index in [1.54, 1.807) is 17.0 Å². The number of nitrogens with one attached hydrogen (secondary N) is 1. The lowest BCUT2D eigenvalue weighted by Gasteiger charge is -2.34. The van der Waals surface area contributed by atoms with Gasteiger partial charge in [0.05, 0.1) is 11.4 Å². The zero-order valence-electron chi connectivity index (χ0n) is 16.2. The van der Waals surface area contributed by atoms with Crippen molar-refractivity contribution in [3.05, 3.63) is 29.8 Å². The number of benzene rings is 1. The predicted octanol–water partition coefficient (Wildman–Crippen LogP) is 2.00. The van der Waals surface area contributed by atoms with Crippen LogP contribution in [0.15, 0.2) is 29.2 Å². The van der Waals surface area contributed by atoms with E-state index in [-0.39, 0.29) is 5.91 Å². The second kappa shape index (κ2) is 9.17. The Morgan fingerprint density at radius 3 is 2.30 bits per heavy atom. The molecule has 0 spiro atoms. The molecule has 6 nitrogen and oxygen atoms in total. The summed E-state index contributed by atoms with van der Waals surface area (Å²) in [5, 5.41) is 3.30. The number of sulfonamides is 1. The summed E-state index contributed by atoms with van der Waals surface area (Å²) in [5.74, 6) is 0.765. The zero-order valence-corrected chi connectivity index (χ0v) is 17.0. The normalized spacial score (nSPS) is 20.0. The summed E-state index contributed by atoms with van der Waals surface area (Å²) < 4.78 is 26.9. The van der Waals surface area contributed by atoms with Gasteiger partial charge in [0.1, 0.15) is 0 Å². The van der Waals surface area contributed by atoms with Crippen molar-refractivity contribution in [1.82, 2.24) is 14.5 Å². The summed E-state index contributed by atoms with van der Waals surface area (Å²) in [7, 11) is -3.48. The second-order valence-electron chi connectivity index (χ2n) is 7.73. The number of carbonyl (C=O) groups excluding carboxylic acids is 1. The molecule has 1 aliphatic heterocycles. The van der Waals surface area contributed by atoms with Crippen molar-refractivity contribution in [2.75, 3.05) is 39.3 Å². The molecule has 1 saturated heterocycles. The van der Waals surface area contributed by atoms with Crippen molar-refractivity contribution in [2.45, 2.75) is 43.9 Å². The summed E-state index contributed by atoms with van der Waals surface area (Å²) in [5.41, 5.74) is 1.03. The van der Waals surface area contributed by atoms with E-state index >= 15 is 0 Å². The van der Waals surface area contributed by atoms with Gasteiger partial charge in [0, 0.05) is 26.2 Å². The average Bonchev–Trinajstić information content (AvgIpc) is 2.69. The van der Waals surface area contributed by atoms with Crippen LogP contribution in [-0.2, 0) is 14.8 Å². The molecule has 2 fully saturated rings. The molecule has 27 heavy (non-hydrogen) atoms. The van der Waals surface area contributed by atoms with Gasteiger partial charge in [0.15, 0.2) is 0 Å². The Hall–Kier alpha value is -1.44. The van der Waals surface area contributed by atoms with Crippen LogP contribution in [0.1, 0.15) is 37.7 Å². The molecule has 1 aliphatic carbocycles. The third-order valence-electron chi connectivity index (χ3n) is 5.68. The van der Waals surface area contributed by atoms with Crippen molar-refractivity contribution in [2.24, 2.45) is 5.92 Å². The van der Waals surface area contributed by atoms with Gasteiger partial charge in [0.2, 0.25) is 15.9 Å². The monoisotopic (exact) mass is 393 g/mol. The molecule has 1 aromatic carbocycles. The highest BCUT2D eigenvalue weighted by Crippen LogP contribution is 2.22. The molecule has 0 unspecified atom stereocenters. The minimum Gasteiger partial charge on any atom is -0.339 e. The first kappa shape index (κ1) is 20.3. The Kier molecular flexibility index (Phi) is 6.89. The highest BCUT2D eigenvalue weighted by Gasteiger charge is 2.29. The van der Waals surface area contributed by atoms with Crippen molar-refractivity contribution >= 4 is 15.9 Å². The van der Waals surface area contributed by atoms with Gasteiger partial charge < -0.3 is 10.2 Å². The number of nitrogens with zero attached hydrogens (tertiary/aromatic N) is 2. The highest BCUT2D eigenvalue weighted by molar-refractivity contribution is 7.89. The standard InChI is InChI=1S/C20H31N3O3S/c1-17-7-9-19(10-8-17)27(25,26)23-13-11-22(12-14-23)20(24)16-21-15-18-5-3-2-4-6-18/h7-10,18,21H,2-6,11-16H2,1H3. The number of hydrogen-bond acceptors (Lipinski definition) is 4. The highest BCUT2D eigenvalue weighted by atomic mass is 32.2. The van der Waals surface area contributed by atoms with Crippen LogP contribution < -0.4 is 5.32 Å². The number of aryl methyl sites for hydroxylation is 1. The van der Waals surface area contributed by atoms with Crippen LogP contribution in [0.25, 0.3) is 0 Å². The lowest BCUT2D eigenvalue weighted by molar-refractivity contribution is -0.131. The summed E-state index contributed by atoms with van der Waals surface area (Å²) in [6.45, 7) is 4.80. The van der Waals surface area contributed by atoms with Crippen LogP contribution in [0.3, 0.4) is 0 Å². The summed E-state index contributed by atoms with van der Waals surface area (Å²) in [4.78, 5) is 14.5. The second-order valence-corrected chi connectivity index (χ2v) is 9.67. The van der Waals surface area contributed by atoms with E-state index in [2.05, 4.69) is 5.32 Å². The minimum atomic E-state index is -3.48. The maximum atomic E-state index is 12.7. The number of piperazine rings is 1.